The second-order valence-corrected chi connectivity index (χ2v) is 8.84. The average Bonchev–Trinajstić information content (AvgIpc) is 2.80. The summed E-state index contributed by atoms with van der Waals surface area (Å²) in [6.45, 7) is 14.3. The molecule has 0 saturated heterocycles. The summed E-state index contributed by atoms with van der Waals surface area (Å²) in [5.74, 6) is 1.71. The standard InChI is InChI=1S/C27H40N2O2/c1-5-28(6-2)24(20-30-18-12-13-22(3)4)19-29-25-16-10-11-17-27(25)31-21-26(29)23-14-8-7-9-15-23/h7-11,14-17,22,24,26H,5-6,12-13,18-21H2,1-4H3. The van der Waals surface area contributed by atoms with Crippen molar-refractivity contribution < 1.29 is 9.47 Å². The van der Waals surface area contributed by atoms with E-state index in [2.05, 4.69) is 92.1 Å². The Morgan fingerprint density at radius 1 is 1.03 bits per heavy atom. The van der Waals surface area contributed by atoms with Gasteiger partial charge in [-0.25, -0.2) is 0 Å². The molecule has 1 aliphatic heterocycles. The van der Waals surface area contributed by atoms with E-state index in [1.54, 1.807) is 0 Å². The number of likely N-dealkylation sites (N-methyl/N-ethyl adjacent to an activating group) is 1. The number of para-hydroxylation sites is 2. The van der Waals surface area contributed by atoms with E-state index >= 15 is 0 Å². The highest BCUT2D eigenvalue weighted by atomic mass is 16.5. The van der Waals surface area contributed by atoms with Gasteiger partial charge in [0.25, 0.3) is 0 Å². The highest BCUT2D eigenvalue weighted by Gasteiger charge is 2.31. The molecule has 0 N–H and O–H groups in total. The van der Waals surface area contributed by atoms with Crippen LogP contribution >= 0.6 is 0 Å². The highest BCUT2D eigenvalue weighted by molar-refractivity contribution is 5.61. The largest absolute Gasteiger partial charge is 0.489 e. The maximum atomic E-state index is 6.20. The summed E-state index contributed by atoms with van der Waals surface area (Å²) >= 11 is 0. The summed E-state index contributed by atoms with van der Waals surface area (Å²) < 4.78 is 12.4. The third-order valence-electron chi connectivity index (χ3n) is 6.25. The molecule has 0 spiro atoms. The third-order valence-corrected chi connectivity index (χ3v) is 6.25. The maximum absolute atomic E-state index is 6.20. The number of hydrogen-bond donors (Lipinski definition) is 0. The second-order valence-electron chi connectivity index (χ2n) is 8.84. The van der Waals surface area contributed by atoms with E-state index in [4.69, 9.17) is 9.47 Å². The first-order valence-corrected chi connectivity index (χ1v) is 12.0. The quantitative estimate of drug-likeness (QED) is 0.403. The second kappa shape index (κ2) is 12.1. The molecule has 1 aliphatic rings. The lowest BCUT2D eigenvalue weighted by Crippen LogP contribution is -2.49. The molecule has 1 heterocycles. The molecular formula is C27H40N2O2. The van der Waals surface area contributed by atoms with Gasteiger partial charge in [-0.3, -0.25) is 4.90 Å². The summed E-state index contributed by atoms with van der Waals surface area (Å²) in [6.07, 6.45) is 2.36. The van der Waals surface area contributed by atoms with Crippen LogP contribution in [0.3, 0.4) is 0 Å². The van der Waals surface area contributed by atoms with E-state index in [-0.39, 0.29) is 6.04 Å². The topological polar surface area (TPSA) is 24.9 Å². The van der Waals surface area contributed by atoms with Crippen molar-refractivity contribution in [2.75, 3.05) is 44.4 Å². The van der Waals surface area contributed by atoms with Crippen LogP contribution in [0.1, 0.15) is 52.1 Å². The Balaban J connectivity index is 1.79. The van der Waals surface area contributed by atoms with Gasteiger partial charge in [-0.1, -0.05) is 70.2 Å². The van der Waals surface area contributed by atoms with Crippen molar-refractivity contribution >= 4 is 5.69 Å². The van der Waals surface area contributed by atoms with Crippen molar-refractivity contribution in [2.24, 2.45) is 5.92 Å². The van der Waals surface area contributed by atoms with Crippen LogP contribution in [0.15, 0.2) is 54.6 Å². The molecule has 31 heavy (non-hydrogen) atoms. The van der Waals surface area contributed by atoms with Crippen LogP contribution in [0.5, 0.6) is 5.75 Å². The molecule has 0 amide bonds. The monoisotopic (exact) mass is 424 g/mol. The Bertz CT molecular complexity index is 761. The molecule has 0 aliphatic carbocycles. The van der Waals surface area contributed by atoms with Crippen molar-refractivity contribution in [1.82, 2.24) is 4.90 Å². The molecule has 170 valence electrons. The van der Waals surface area contributed by atoms with Gasteiger partial charge < -0.3 is 14.4 Å². The summed E-state index contributed by atoms with van der Waals surface area (Å²) in [7, 11) is 0. The molecular weight excluding hydrogens is 384 g/mol. The SMILES string of the molecule is CCN(CC)C(COCCCC(C)C)CN1c2ccccc2OCC1c1ccccc1. The number of ether oxygens (including phenoxy) is 2. The predicted molar refractivity (Wildman–Crippen MR) is 130 cm³/mol. The fraction of sp³-hybridized carbons (Fsp3) is 0.556. The highest BCUT2D eigenvalue weighted by Crippen LogP contribution is 2.39. The van der Waals surface area contributed by atoms with Gasteiger partial charge in [0.15, 0.2) is 0 Å². The van der Waals surface area contributed by atoms with Crippen molar-refractivity contribution in [2.45, 2.75) is 52.6 Å². The van der Waals surface area contributed by atoms with Gasteiger partial charge in [-0.05, 0) is 49.5 Å². The van der Waals surface area contributed by atoms with Gasteiger partial charge in [0.1, 0.15) is 12.4 Å². The van der Waals surface area contributed by atoms with Crippen LogP contribution in [0.4, 0.5) is 5.69 Å². The van der Waals surface area contributed by atoms with E-state index in [0.29, 0.717) is 12.6 Å². The number of nitrogens with zero attached hydrogens (tertiary/aromatic N) is 2. The first-order chi connectivity index (χ1) is 15.1. The Morgan fingerprint density at radius 2 is 1.74 bits per heavy atom. The molecule has 0 radical (unpaired) electrons. The first-order valence-electron chi connectivity index (χ1n) is 12.0. The smallest absolute Gasteiger partial charge is 0.142 e. The lowest BCUT2D eigenvalue weighted by molar-refractivity contribution is 0.0609. The zero-order valence-electron chi connectivity index (χ0n) is 19.8. The zero-order valence-corrected chi connectivity index (χ0v) is 19.8. The van der Waals surface area contributed by atoms with E-state index in [1.165, 1.54) is 17.7 Å². The summed E-state index contributed by atoms with van der Waals surface area (Å²) in [6, 6.07) is 19.7. The van der Waals surface area contributed by atoms with Crippen LogP contribution in [0.25, 0.3) is 0 Å². The first kappa shape index (κ1) is 23.6. The molecule has 0 saturated carbocycles. The molecule has 2 atom stereocenters. The molecule has 0 bridgehead atoms. The molecule has 0 aromatic heterocycles. The van der Waals surface area contributed by atoms with Crippen molar-refractivity contribution in [1.29, 1.82) is 0 Å². The molecule has 2 unspecified atom stereocenters. The van der Waals surface area contributed by atoms with Crippen molar-refractivity contribution in [3.8, 4) is 5.75 Å². The molecule has 3 rings (SSSR count). The van der Waals surface area contributed by atoms with Crippen molar-refractivity contribution in [3.05, 3.63) is 60.2 Å². The number of rotatable bonds is 12. The van der Waals surface area contributed by atoms with Crippen LogP contribution in [-0.4, -0.2) is 50.4 Å². The van der Waals surface area contributed by atoms with Gasteiger partial charge in [0.05, 0.1) is 24.4 Å². The summed E-state index contributed by atoms with van der Waals surface area (Å²) in [5, 5.41) is 0. The van der Waals surface area contributed by atoms with E-state index in [9.17, 15) is 0 Å². The third kappa shape index (κ3) is 6.47. The minimum absolute atomic E-state index is 0.204. The minimum Gasteiger partial charge on any atom is -0.489 e. The predicted octanol–water partition coefficient (Wildman–Crippen LogP) is 5.79. The number of hydrogen-bond acceptors (Lipinski definition) is 4. The Morgan fingerprint density at radius 3 is 2.45 bits per heavy atom. The van der Waals surface area contributed by atoms with Gasteiger partial charge in [-0.2, -0.15) is 0 Å². The van der Waals surface area contributed by atoms with Crippen LogP contribution in [-0.2, 0) is 4.74 Å². The van der Waals surface area contributed by atoms with Gasteiger partial charge in [-0.15, -0.1) is 0 Å². The lowest BCUT2D eigenvalue weighted by Gasteiger charge is -2.42. The Kier molecular flexibility index (Phi) is 9.23. The van der Waals surface area contributed by atoms with Crippen molar-refractivity contribution in [3.63, 3.8) is 0 Å². The fourth-order valence-electron chi connectivity index (χ4n) is 4.47. The summed E-state index contributed by atoms with van der Waals surface area (Å²) in [4.78, 5) is 5.07. The molecule has 4 heteroatoms. The van der Waals surface area contributed by atoms with E-state index < -0.39 is 0 Å². The van der Waals surface area contributed by atoms with Crippen LogP contribution in [0, 0.1) is 5.92 Å². The molecule has 2 aromatic carbocycles. The lowest BCUT2D eigenvalue weighted by atomic mass is 10.0. The average molecular weight is 425 g/mol. The van der Waals surface area contributed by atoms with E-state index in [0.717, 1.165) is 50.9 Å². The minimum atomic E-state index is 0.204. The normalized spacial score (nSPS) is 17.0. The number of benzene rings is 2. The van der Waals surface area contributed by atoms with E-state index in [1.807, 2.05) is 0 Å². The zero-order chi connectivity index (χ0) is 22.1. The fourth-order valence-corrected chi connectivity index (χ4v) is 4.47. The summed E-state index contributed by atoms with van der Waals surface area (Å²) in [5.41, 5.74) is 2.48. The van der Waals surface area contributed by atoms with Gasteiger partial charge >= 0.3 is 0 Å². The maximum Gasteiger partial charge on any atom is 0.142 e. The van der Waals surface area contributed by atoms with Crippen LogP contribution < -0.4 is 9.64 Å². The molecule has 0 fully saturated rings. The van der Waals surface area contributed by atoms with Gasteiger partial charge in [0, 0.05) is 13.2 Å². The Hall–Kier alpha value is -2.04. The number of fused-ring (bicyclic) bond motifs is 1. The molecule has 4 nitrogen and oxygen atoms in total. The van der Waals surface area contributed by atoms with Crippen LogP contribution in [0.2, 0.25) is 0 Å². The Labute approximate surface area is 189 Å². The number of anilines is 1. The van der Waals surface area contributed by atoms with Gasteiger partial charge in [0.2, 0.25) is 0 Å². The molecule has 2 aromatic rings.